The number of nitrogens with two attached hydrogens (primary N) is 1. The Hall–Kier alpha value is -2.38. The minimum absolute atomic E-state index is 0.0417. The first-order valence-corrected chi connectivity index (χ1v) is 13.5. The van der Waals surface area contributed by atoms with Crippen LogP contribution in [0.25, 0.3) is 10.2 Å². The van der Waals surface area contributed by atoms with Gasteiger partial charge in [0.05, 0.1) is 10.2 Å². The van der Waals surface area contributed by atoms with Crippen LogP contribution < -0.4 is 5.73 Å². The third kappa shape index (κ3) is 4.73. The van der Waals surface area contributed by atoms with Gasteiger partial charge >= 0.3 is 5.97 Å². The van der Waals surface area contributed by atoms with Gasteiger partial charge in [0.2, 0.25) is 0 Å². The second kappa shape index (κ2) is 9.70. The molecule has 1 aliphatic heterocycles. The molecule has 2 aromatic carbocycles. The second-order valence-electron chi connectivity index (χ2n) is 9.76. The SMILES string of the molecule is Cc1cc(SC2C(=O)C[C@@](CCc3ccccc3)(C(C)C)OC2=O)c(C(C)C)c2sc(N)nc12. The summed E-state index contributed by atoms with van der Waals surface area (Å²) < 4.78 is 7.16. The topological polar surface area (TPSA) is 82.3 Å². The zero-order chi connectivity index (χ0) is 24.6. The van der Waals surface area contributed by atoms with E-state index in [1.165, 1.54) is 28.7 Å². The van der Waals surface area contributed by atoms with Crippen LogP contribution in [0.1, 0.15) is 63.1 Å². The third-order valence-electron chi connectivity index (χ3n) is 6.71. The lowest BCUT2D eigenvalue weighted by Gasteiger charge is -2.41. The number of esters is 1. The molecule has 0 spiro atoms. The van der Waals surface area contributed by atoms with Crippen molar-refractivity contribution < 1.29 is 14.3 Å². The van der Waals surface area contributed by atoms with Crippen molar-refractivity contribution in [1.29, 1.82) is 0 Å². The number of fused-ring (bicyclic) bond motifs is 1. The number of benzene rings is 2. The fraction of sp³-hybridized carbons (Fsp3) is 0.444. The van der Waals surface area contributed by atoms with Crippen LogP contribution in [0, 0.1) is 12.8 Å². The molecule has 0 aliphatic carbocycles. The van der Waals surface area contributed by atoms with Gasteiger partial charge in [-0.3, -0.25) is 9.59 Å². The molecule has 180 valence electrons. The van der Waals surface area contributed by atoms with E-state index < -0.39 is 16.8 Å². The van der Waals surface area contributed by atoms with E-state index in [2.05, 4.69) is 31.0 Å². The van der Waals surface area contributed by atoms with Gasteiger partial charge in [0.25, 0.3) is 0 Å². The molecule has 0 radical (unpaired) electrons. The van der Waals surface area contributed by atoms with Gasteiger partial charge in [-0.15, -0.1) is 11.8 Å². The number of nitrogen functional groups attached to an aromatic ring is 1. The largest absolute Gasteiger partial charge is 0.457 e. The van der Waals surface area contributed by atoms with Crippen LogP contribution in [0.3, 0.4) is 0 Å². The highest BCUT2D eigenvalue weighted by molar-refractivity contribution is 8.01. The molecule has 2 N–H and O–H groups in total. The molecule has 1 fully saturated rings. The van der Waals surface area contributed by atoms with Crippen molar-refractivity contribution in [2.24, 2.45) is 5.92 Å². The van der Waals surface area contributed by atoms with Gasteiger partial charge in [-0.1, -0.05) is 69.4 Å². The van der Waals surface area contributed by atoms with Crippen molar-refractivity contribution in [3.8, 4) is 0 Å². The summed E-state index contributed by atoms with van der Waals surface area (Å²) in [5, 5.41) is -0.335. The first kappa shape index (κ1) is 24.7. The smallest absolute Gasteiger partial charge is 0.327 e. The summed E-state index contributed by atoms with van der Waals surface area (Å²) in [5.74, 6) is -0.251. The molecule has 1 aromatic heterocycles. The van der Waals surface area contributed by atoms with Crippen LogP contribution in [0.15, 0.2) is 41.3 Å². The third-order valence-corrected chi connectivity index (χ3v) is 8.91. The van der Waals surface area contributed by atoms with Crippen molar-refractivity contribution in [3.05, 3.63) is 53.1 Å². The molecular weight excluding hydrogens is 464 g/mol. The van der Waals surface area contributed by atoms with Crippen LogP contribution >= 0.6 is 23.1 Å². The number of thioether (sulfide) groups is 1. The second-order valence-corrected chi connectivity index (χ2v) is 11.9. The lowest BCUT2D eigenvalue weighted by Crippen LogP contribution is -2.52. The normalized spacial score (nSPS) is 21.0. The summed E-state index contributed by atoms with van der Waals surface area (Å²) >= 11 is 2.77. The zero-order valence-corrected chi connectivity index (χ0v) is 22.0. The lowest BCUT2D eigenvalue weighted by molar-refractivity contribution is -0.176. The van der Waals surface area contributed by atoms with Gasteiger partial charge in [0, 0.05) is 11.3 Å². The predicted octanol–water partition coefficient (Wildman–Crippen LogP) is 6.31. The number of ketones is 1. The number of anilines is 1. The molecular formula is C27H32N2O3S2. The summed E-state index contributed by atoms with van der Waals surface area (Å²) in [6, 6.07) is 12.2. The maximum absolute atomic E-state index is 13.4. The summed E-state index contributed by atoms with van der Waals surface area (Å²) in [6.07, 6.45) is 1.64. The number of rotatable bonds is 7. The van der Waals surface area contributed by atoms with Gasteiger partial charge < -0.3 is 10.5 Å². The van der Waals surface area contributed by atoms with E-state index in [9.17, 15) is 9.59 Å². The number of carbonyl (C=O) groups excluding carboxylic acids is 2. The van der Waals surface area contributed by atoms with Crippen LogP contribution in [-0.4, -0.2) is 27.6 Å². The number of hydrogen-bond acceptors (Lipinski definition) is 7. The van der Waals surface area contributed by atoms with Crippen molar-refractivity contribution in [2.45, 2.75) is 75.5 Å². The Balaban J connectivity index is 1.61. The van der Waals surface area contributed by atoms with E-state index in [-0.39, 0.29) is 24.0 Å². The van der Waals surface area contributed by atoms with Gasteiger partial charge in [-0.2, -0.15) is 0 Å². The van der Waals surface area contributed by atoms with E-state index in [1.807, 2.05) is 45.0 Å². The molecule has 4 rings (SSSR count). The highest BCUT2D eigenvalue weighted by atomic mass is 32.2. The molecule has 2 atom stereocenters. The first-order chi connectivity index (χ1) is 16.1. The van der Waals surface area contributed by atoms with E-state index in [0.29, 0.717) is 11.6 Å². The molecule has 1 unspecified atom stereocenters. The fourth-order valence-electron chi connectivity index (χ4n) is 4.69. The molecule has 2 heterocycles. The minimum Gasteiger partial charge on any atom is -0.457 e. The number of Topliss-reactive ketones (excluding diaryl/α,β-unsaturated/α-hetero) is 1. The van der Waals surface area contributed by atoms with Crippen LogP contribution in [0.5, 0.6) is 0 Å². The average Bonchev–Trinajstić information content (AvgIpc) is 3.17. The molecule has 0 amide bonds. The molecule has 1 saturated heterocycles. The number of nitrogens with zero attached hydrogens (tertiary/aromatic N) is 1. The van der Waals surface area contributed by atoms with Gasteiger partial charge in [-0.25, -0.2) is 4.98 Å². The molecule has 1 aliphatic rings. The Labute approximate surface area is 209 Å². The standard InChI is InChI=1S/C27H32N2O3S2/c1-15(2)21-20(13-17(5)22-24(21)34-26(28)29-22)33-23-19(30)14-27(16(3)4,32-25(23)31)12-11-18-9-7-6-8-10-18/h6-10,13,15-16,23H,11-12,14H2,1-5H3,(H2,28,29)/t23?,27-/m0/s1. The quantitative estimate of drug-likeness (QED) is 0.305. The van der Waals surface area contributed by atoms with Crippen LogP contribution in [0.2, 0.25) is 0 Å². The number of ether oxygens (including phenoxy) is 1. The molecule has 34 heavy (non-hydrogen) atoms. The number of carbonyl (C=O) groups is 2. The van der Waals surface area contributed by atoms with Gasteiger partial charge in [-0.05, 0) is 54.4 Å². The number of aromatic nitrogens is 1. The highest BCUT2D eigenvalue weighted by Crippen LogP contribution is 2.44. The number of cyclic esters (lactones) is 1. The maximum atomic E-state index is 13.4. The Morgan fingerprint density at radius 2 is 1.91 bits per heavy atom. The Bertz CT molecular complexity index is 1200. The number of aryl methyl sites for hydroxylation is 2. The minimum atomic E-state index is -0.858. The number of thiazole rings is 1. The van der Waals surface area contributed by atoms with Crippen molar-refractivity contribution in [2.75, 3.05) is 5.73 Å². The summed E-state index contributed by atoms with van der Waals surface area (Å²) in [4.78, 5) is 32.1. The molecule has 0 saturated carbocycles. The Morgan fingerprint density at radius 3 is 2.53 bits per heavy atom. The van der Waals surface area contributed by atoms with Crippen molar-refractivity contribution >= 4 is 50.2 Å². The maximum Gasteiger partial charge on any atom is 0.327 e. The molecule has 3 aromatic rings. The van der Waals surface area contributed by atoms with E-state index >= 15 is 0 Å². The lowest BCUT2D eigenvalue weighted by atomic mass is 9.78. The molecule has 5 nitrogen and oxygen atoms in total. The average molecular weight is 497 g/mol. The van der Waals surface area contributed by atoms with Crippen LogP contribution in [-0.2, 0) is 20.7 Å². The van der Waals surface area contributed by atoms with E-state index in [1.54, 1.807) is 0 Å². The van der Waals surface area contributed by atoms with E-state index in [4.69, 9.17) is 10.5 Å². The molecule has 7 heteroatoms. The van der Waals surface area contributed by atoms with Crippen molar-refractivity contribution in [3.63, 3.8) is 0 Å². The fourth-order valence-corrected chi connectivity index (χ4v) is 7.18. The monoisotopic (exact) mass is 496 g/mol. The first-order valence-electron chi connectivity index (χ1n) is 11.8. The molecule has 0 bridgehead atoms. The number of hydrogen-bond donors (Lipinski definition) is 1. The van der Waals surface area contributed by atoms with Gasteiger partial charge in [0.1, 0.15) is 5.60 Å². The summed E-state index contributed by atoms with van der Waals surface area (Å²) in [7, 11) is 0. The van der Waals surface area contributed by atoms with Crippen molar-refractivity contribution in [1.82, 2.24) is 4.98 Å². The van der Waals surface area contributed by atoms with Crippen LogP contribution in [0.4, 0.5) is 5.13 Å². The summed E-state index contributed by atoms with van der Waals surface area (Å²) in [6.45, 7) is 10.3. The highest BCUT2D eigenvalue weighted by Gasteiger charge is 2.49. The Kier molecular flexibility index (Phi) is 7.06. The summed E-state index contributed by atoms with van der Waals surface area (Å²) in [5.41, 5.74) is 9.39. The Morgan fingerprint density at radius 1 is 1.21 bits per heavy atom. The van der Waals surface area contributed by atoms with E-state index in [0.717, 1.165) is 32.7 Å². The van der Waals surface area contributed by atoms with Gasteiger partial charge in [0.15, 0.2) is 16.2 Å². The predicted molar refractivity (Wildman–Crippen MR) is 141 cm³/mol. The zero-order valence-electron chi connectivity index (χ0n) is 20.4.